The van der Waals surface area contributed by atoms with Gasteiger partial charge in [-0.2, -0.15) is 5.10 Å². The van der Waals surface area contributed by atoms with Crippen molar-refractivity contribution in [2.24, 2.45) is 5.10 Å². The molecule has 0 spiro atoms. The molecule has 104 valence electrons. The number of hydrogen-bond donors (Lipinski definition) is 2. The fourth-order valence-corrected chi connectivity index (χ4v) is 2.12. The molecule has 0 aliphatic rings. The van der Waals surface area contributed by atoms with E-state index in [-0.39, 0.29) is 5.75 Å². The Hall–Kier alpha value is -2.59. The Labute approximate surface area is 126 Å². The van der Waals surface area contributed by atoms with Crippen molar-refractivity contribution in [1.29, 1.82) is 0 Å². The standard InChI is InChI=1S/C16H12ClN3O/c17-12-3-6-14-15(7-8-18-16(14)9-12)20-19-10-11-1-4-13(21)5-2-11/h1-10,21H,(H,18,20)/b19-10+. The highest BCUT2D eigenvalue weighted by Gasteiger charge is 2.01. The summed E-state index contributed by atoms with van der Waals surface area (Å²) in [4.78, 5) is 4.27. The van der Waals surface area contributed by atoms with E-state index >= 15 is 0 Å². The lowest BCUT2D eigenvalue weighted by Gasteiger charge is -2.05. The first-order valence-corrected chi connectivity index (χ1v) is 6.72. The zero-order valence-corrected chi connectivity index (χ0v) is 11.7. The van der Waals surface area contributed by atoms with E-state index in [0.29, 0.717) is 5.02 Å². The maximum absolute atomic E-state index is 9.22. The second kappa shape index (κ2) is 5.81. The number of hydrogen-bond acceptors (Lipinski definition) is 4. The van der Waals surface area contributed by atoms with Crippen molar-refractivity contribution in [2.75, 3.05) is 5.43 Å². The zero-order chi connectivity index (χ0) is 14.7. The molecule has 0 aliphatic heterocycles. The topological polar surface area (TPSA) is 57.5 Å². The van der Waals surface area contributed by atoms with E-state index in [4.69, 9.17) is 11.6 Å². The van der Waals surface area contributed by atoms with Crippen molar-refractivity contribution < 1.29 is 5.11 Å². The van der Waals surface area contributed by atoms with Crippen molar-refractivity contribution in [3.63, 3.8) is 0 Å². The van der Waals surface area contributed by atoms with E-state index in [2.05, 4.69) is 15.5 Å². The molecule has 1 heterocycles. The van der Waals surface area contributed by atoms with Crippen LogP contribution in [0.3, 0.4) is 0 Å². The highest BCUT2D eigenvalue weighted by molar-refractivity contribution is 6.31. The Morgan fingerprint density at radius 3 is 2.71 bits per heavy atom. The minimum atomic E-state index is 0.233. The molecule has 0 saturated heterocycles. The highest BCUT2D eigenvalue weighted by atomic mass is 35.5. The van der Waals surface area contributed by atoms with Gasteiger partial charge in [-0.1, -0.05) is 11.6 Å². The number of phenols is 1. The highest BCUT2D eigenvalue weighted by Crippen LogP contribution is 2.24. The number of anilines is 1. The molecule has 5 heteroatoms. The maximum atomic E-state index is 9.22. The van der Waals surface area contributed by atoms with E-state index in [9.17, 15) is 5.11 Å². The third kappa shape index (κ3) is 3.12. The Kier molecular flexibility index (Phi) is 3.71. The largest absolute Gasteiger partial charge is 0.508 e. The number of fused-ring (bicyclic) bond motifs is 1. The lowest BCUT2D eigenvalue weighted by molar-refractivity contribution is 0.475. The van der Waals surface area contributed by atoms with Crippen LogP contribution in [0, 0.1) is 0 Å². The number of nitrogens with zero attached hydrogens (tertiary/aromatic N) is 2. The fourth-order valence-electron chi connectivity index (χ4n) is 1.96. The van der Waals surface area contributed by atoms with Crippen LogP contribution in [0.4, 0.5) is 5.69 Å². The molecule has 2 N–H and O–H groups in total. The molecule has 1 aromatic heterocycles. The number of aromatic nitrogens is 1. The molecule has 0 bridgehead atoms. The zero-order valence-electron chi connectivity index (χ0n) is 11.0. The Morgan fingerprint density at radius 1 is 1.10 bits per heavy atom. The van der Waals surface area contributed by atoms with Crippen molar-refractivity contribution in [3.8, 4) is 5.75 Å². The van der Waals surface area contributed by atoms with Gasteiger partial charge in [0.25, 0.3) is 0 Å². The van der Waals surface area contributed by atoms with Crippen LogP contribution in [0.1, 0.15) is 5.56 Å². The lowest BCUT2D eigenvalue weighted by Crippen LogP contribution is -1.92. The summed E-state index contributed by atoms with van der Waals surface area (Å²) < 4.78 is 0. The smallest absolute Gasteiger partial charge is 0.115 e. The minimum Gasteiger partial charge on any atom is -0.508 e. The molecule has 0 unspecified atom stereocenters. The number of aromatic hydroxyl groups is 1. The number of phenolic OH excluding ortho intramolecular Hbond substituents is 1. The minimum absolute atomic E-state index is 0.233. The van der Waals surface area contributed by atoms with Gasteiger partial charge < -0.3 is 5.11 Å². The molecule has 3 aromatic rings. The van der Waals surface area contributed by atoms with Crippen molar-refractivity contribution in [2.45, 2.75) is 0 Å². The van der Waals surface area contributed by atoms with Gasteiger partial charge in [-0.3, -0.25) is 10.4 Å². The molecular weight excluding hydrogens is 286 g/mol. The average Bonchev–Trinajstić information content (AvgIpc) is 2.49. The monoisotopic (exact) mass is 297 g/mol. The summed E-state index contributed by atoms with van der Waals surface area (Å²) in [6.07, 6.45) is 3.39. The van der Waals surface area contributed by atoms with Crippen LogP contribution in [0.2, 0.25) is 5.02 Å². The van der Waals surface area contributed by atoms with E-state index in [1.165, 1.54) is 0 Å². The SMILES string of the molecule is Oc1ccc(/C=N/Nc2ccnc3cc(Cl)ccc23)cc1. The summed E-state index contributed by atoms with van der Waals surface area (Å²) in [7, 11) is 0. The van der Waals surface area contributed by atoms with Crippen LogP contribution >= 0.6 is 11.6 Å². The van der Waals surface area contributed by atoms with Crippen LogP contribution < -0.4 is 5.43 Å². The van der Waals surface area contributed by atoms with Gasteiger partial charge in [0.05, 0.1) is 17.4 Å². The van der Waals surface area contributed by atoms with Crippen LogP contribution in [0.5, 0.6) is 5.75 Å². The summed E-state index contributed by atoms with van der Waals surface area (Å²) in [5.74, 6) is 0.233. The van der Waals surface area contributed by atoms with Crippen LogP contribution in [-0.4, -0.2) is 16.3 Å². The second-order valence-corrected chi connectivity index (χ2v) is 4.92. The van der Waals surface area contributed by atoms with Gasteiger partial charge in [-0.05, 0) is 54.1 Å². The summed E-state index contributed by atoms with van der Waals surface area (Å²) in [5.41, 5.74) is 5.55. The summed E-state index contributed by atoms with van der Waals surface area (Å²) in [5, 5.41) is 15.0. The first-order valence-electron chi connectivity index (χ1n) is 6.35. The molecule has 4 nitrogen and oxygen atoms in total. The molecule has 3 rings (SSSR count). The molecule has 0 fully saturated rings. The lowest BCUT2D eigenvalue weighted by atomic mass is 10.2. The van der Waals surface area contributed by atoms with Gasteiger partial charge in [0.2, 0.25) is 0 Å². The normalized spacial score (nSPS) is 11.1. The van der Waals surface area contributed by atoms with E-state index in [1.807, 2.05) is 24.3 Å². The van der Waals surface area contributed by atoms with Crippen LogP contribution in [0.25, 0.3) is 10.9 Å². The molecule has 21 heavy (non-hydrogen) atoms. The molecule has 0 amide bonds. The first-order chi connectivity index (χ1) is 10.2. The summed E-state index contributed by atoms with van der Waals surface area (Å²) >= 11 is 5.96. The molecule has 0 radical (unpaired) electrons. The van der Waals surface area contributed by atoms with E-state index in [1.54, 1.807) is 36.7 Å². The number of nitrogens with one attached hydrogen (secondary N) is 1. The Balaban J connectivity index is 1.83. The second-order valence-electron chi connectivity index (χ2n) is 4.48. The van der Waals surface area contributed by atoms with Gasteiger partial charge in [-0.15, -0.1) is 0 Å². The van der Waals surface area contributed by atoms with Gasteiger partial charge >= 0.3 is 0 Å². The molecule has 0 aliphatic carbocycles. The quantitative estimate of drug-likeness (QED) is 0.566. The van der Waals surface area contributed by atoms with Gasteiger partial charge in [0.15, 0.2) is 0 Å². The van der Waals surface area contributed by atoms with Gasteiger partial charge in [0.1, 0.15) is 5.75 Å². The summed E-state index contributed by atoms with van der Waals surface area (Å²) in [6.45, 7) is 0. The predicted octanol–water partition coefficient (Wildman–Crippen LogP) is 4.04. The Bertz CT molecular complexity index is 800. The number of pyridine rings is 1. The Morgan fingerprint density at radius 2 is 1.90 bits per heavy atom. The molecule has 0 atom stereocenters. The fraction of sp³-hybridized carbons (Fsp3) is 0. The first kappa shape index (κ1) is 13.4. The van der Waals surface area contributed by atoms with Gasteiger partial charge in [0, 0.05) is 16.6 Å². The summed E-state index contributed by atoms with van der Waals surface area (Å²) in [6, 6.07) is 14.2. The third-order valence-corrected chi connectivity index (χ3v) is 3.23. The molecule has 2 aromatic carbocycles. The van der Waals surface area contributed by atoms with Crippen molar-refractivity contribution in [1.82, 2.24) is 4.98 Å². The molecular formula is C16H12ClN3O. The molecule has 0 saturated carbocycles. The number of benzene rings is 2. The van der Waals surface area contributed by atoms with Crippen molar-refractivity contribution >= 4 is 34.4 Å². The third-order valence-electron chi connectivity index (χ3n) is 3.00. The van der Waals surface area contributed by atoms with Crippen molar-refractivity contribution in [3.05, 3.63) is 65.3 Å². The van der Waals surface area contributed by atoms with Crippen LogP contribution in [-0.2, 0) is 0 Å². The number of rotatable bonds is 3. The maximum Gasteiger partial charge on any atom is 0.115 e. The number of halogens is 1. The average molecular weight is 298 g/mol. The predicted molar refractivity (Wildman–Crippen MR) is 86.1 cm³/mol. The van der Waals surface area contributed by atoms with E-state index < -0.39 is 0 Å². The number of hydrazone groups is 1. The van der Waals surface area contributed by atoms with E-state index in [0.717, 1.165) is 22.2 Å². The van der Waals surface area contributed by atoms with Gasteiger partial charge in [-0.25, -0.2) is 0 Å². The van der Waals surface area contributed by atoms with Crippen LogP contribution in [0.15, 0.2) is 59.8 Å².